The molecule has 0 saturated carbocycles. The van der Waals surface area contributed by atoms with Gasteiger partial charge in [0.05, 0.1) is 24.8 Å². The summed E-state index contributed by atoms with van der Waals surface area (Å²) in [6.07, 6.45) is 1.84. The zero-order valence-electron chi connectivity index (χ0n) is 19.0. The zero-order valence-corrected chi connectivity index (χ0v) is 20.6. The highest BCUT2D eigenvalue weighted by Crippen LogP contribution is 2.59. The number of esters is 1. The van der Waals surface area contributed by atoms with Crippen LogP contribution < -0.4 is 14.6 Å². The van der Waals surface area contributed by atoms with Crippen LogP contribution in [-0.2, 0) is 14.3 Å². The van der Waals surface area contributed by atoms with Crippen LogP contribution in [0, 0.1) is 0 Å². The molecule has 0 aromatic heterocycles. The van der Waals surface area contributed by atoms with E-state index in [-0.39, 0.29) is 11.0 Å². The van der Waals surface area contributed by atoms with Crippen molar-refractivity contribution in [2.45, 2.75) is 4.33 Å². The minimum atomic E-state index is -1.10. The number of ether oxygens (including phenoxy) is 2. The molecule has 3 aromatic rings. The van der Waals surface area contributed by atoms with Gasteiger partial charge < -0.3 is 9.47 Å². The van der Waals surface area contributed by atoms with Crippen molar-refractivity contribution in [2.24, 2.45) is 5.10 Å². The smallest absolute Gasteiger partial charge is 0.365 e. The van der Waals surface area contributed by atoms with Gasteiger partial charge >= 0.3 is 5.97 Å². The highest BCUT2D eigenvalue weighted by atomic mass is 32.2. The number of nitrogens with zero attached hydrogens (tertiary/aromatic N) is 3. The van der Waals surface area contributed by atoms with Crippen LogP contribution >= 0.6 is 23.5 Å². The highest BCUT2D eigenvalue weighted by molar-refractivity contribution is 8.29. The Morgan fingerprint density at radius 3 is 2.11 bits per heavy atom. The van der Waals surface area contributed by atoms with Crippen LogP contribution in [0.1, 0.15) is 5.56 Å². The fourth-order valence-corrected chi connectivity index (χ4v) is 6.68. The van der Waals surface area contributed by atoms with Crippen LogP contribution in [0.25, 0.3) is 6.08 Å². The zero-order chi connectivity index (χ0) is 24.4. The van der Waals surface area contributed by atoms with E-state index in [9.17, 15) is 9.59 Å². The van der Waals surface area contributed by atoms with Gasteiger partial charge in [-0.2, -0.15) is 5.10 Å². The molecule has 35 heavy (non-hydrogen) atoms. The summed E-state index contributed by atoms with van der Waals surface area (Å²) in [6.45, 7) is 0. The summed E-state index contributed by atoms with van der Waals surface area (Å²) in [6, 6.07) is 26.3. The first-order chi connectivity index (χ1) is 17.1. The first-order valence-electron chi connectivity index (χ1n) is 10.7. The fourth-order valence-electron chi connectivity index (χ4n) is 3.78. The number of thioether (sulfide) groups is 2. The number of benzene rings is 3. The molecule has 0 aliphatic carbocycles. The number of carbonyl (C=O) groups excluding carboxylic acids is 2. The average Bonchev–Trinajstić information content (AvgIpc) is 3.41. The van der Waals surface area contributed by atoms with Crippen molar-refractivity contribution >= 4 is 57.9 Å². The number of amides is 1. The van der Waals surface area contributed by atoms with E-state index in [1.165, 1.54) is 30.6 Å². The molecule has 1 spiro atoms. The summed E-state index contributed by atoms with van der Waals surface area (Å²) in [5.74, 6) is -0.00845. The molecule has 0 bridgehead atoms. The quantitative estimate of drug-likeness (QED) is 0.351. The molecular formula is C26H21N3O4S2. The molecule has 1 fully saturated rings. The van der Waals surface area contributed by atoms with Crippen molar-refractivity contribution in [3.8, 4) is 5.75 Å². The summed E-state index contributed by atoms with van der Waals surface area (Å²) in [4.78, 5) is 28.7. The van der Waals surface area contributed by atoms with Crippen LogP contribution in [0.2, 0.25) is 0 Å². The second kappa shape index (κ2) is 9.52. The lowest BCUT2D eigenvalue weighted by Gasteiger charge is -2.38. The van der Waals surface area contributed by atoms with E-state index < -0.39 is 10.3 Å². The van der Waals surface area contributed by atoms with Crippen LogP contribution in [0.4, 0.5) is 11.4 Å². The van der Waals surface area contributed by atoms with Gasteiger partial charge in [-0.3, -0.25) is 9.69 Å². The molecule has 3 aromatic carbocycles. The SMILES string of the molecule is COC(=O)C1=NN(c2ccccc2)C2(S1)S/C(=C/c1ccc(OC)cc1)C(=O)N2c1ccccc1. The summed E-state index contributed by atoms with van der Waals surface area (Å²) < 4.78 is 9.13. The summed E-state index contributed by atoms with van der Waals surface area (Å²) in [5.41, 5.74) is 2.29. The molecule has 5 rings (SSSR count). The number of hydrazone groups is 1. The molecule has 1 saturated heterocycles. The molecule has 7 nitrogen and oxygen atoms in total. The van der Waals surface area contributed by atoms with Gasteiger partial charge in [-0.25, -0.2) is 9.80 Å². The monoisotopic (exact) mass is 503 g/mol. The number of hydrogen-bond donors (Lipinski definition) is 0. The van der Waals surface area contributed by atoms with Gasteiger partial charge in [-0.15, -0.1) is 0 Å². The Morgan fingerprint density at radius 1 is 0.886 bits per heavy atom. The highest BCUT2D eigenvalue weighted by Gasteiger charge is 2.60. The largest absolute Gasteiger partial charge is 0.497 e. The molecule has 0 N–H and O–H groups in total. The van der Waals surface area contributed by atoms with E-state index in [2.05, 4.69) is 5.10 Å². The Bertz CT molecular complexity index is 1310. The number of carbonyl (C=O) groups is 2. The van der Waals surface area contributed by atoms with Gasteiger partial charge in [-0.1, -0.05) is 60.3 Å². The normalized spacial score (nSPS) is 20.5. The second-order valence-electron chi connectivity index (χ2n) is 7.55. The van der Waals surface area contributed by atoms with Gasteiger partial charge in [0, 0.05) is 5.69 Å². The second-order valence-corrected chi connectivity index (χ2v) is 10.2. The third-order valence-electron chi connectivity index (χ3n) is 5.42. The van der Waals surface area contributed by atoms with Crippen LogP contribution in [-0.4, -0.2) is 35.5 Å². The van der Waals surface area contributed by atoms with Gasteiger partial charge in [0.1, 0.15) is 5.75 Å². The predicted molar refractivity (Wildman–Crippen MR) is 141 cm³/mol. The van der Waals surface area contributed by atoms with Gasteiger partial charge in [-0.05, 0) is 59.8 Å². The van der Waals surface area contributed by atoms with E-state index in [1.807, 2.05) is 91.0 Å². The molecule has 0 radical (unpaired) electrons. The molecule has 176 valence electrons. The Kier molecular flexibility index (Phi) is 6.27. The van der Waals surface area contributed by atoms with Gasteiger partial charge in [0.15, 0.2) is 0 Å². The third kappa shape index (κ3) is 4.17. The molecule has 1 amide bonds. The van der Waals surface area contributed by atoms with E-state index in [0.717, 1.165) is 17.0 Å². The van der Waals surface area contributed by atoms with Crippen molar-refractivity contribution < 1.29 is 19.1 Å². The van der Waals surface area contributed by atoms with Gasteiger partial charge in [0.25, 0.3) is 5.91 Å². The van der Waals surface area contributed by atoms with E-state index >= 15 is 0 Å². The Balaban J connectivity index is 1.65. The molecule has 9 heteroatoms. The molecule has 2 heterocycles. The van der Waals surface area contributed by atoms with E-state index in [4.69, 9.17) is 9.47 Å². The van der Waals surface area contributed by atoms with Crippen LogP contribution in [0.3, 0.4) is 0 Å². The minimum Gasteiger partial charge on any atom is -0.497 e. The van der Waals surface area contributed by atoms with E-state index in [0.29, 0.717) is 10.6 Å². The van der Waals surface area contributed by atoms with Crippen LogP contribution in [0.15, 0.2) is 94.9 Å². The molecule has 2 aliphatic heterocycles. The van der Waals surface area contributed by atoms with E-state index in [1.54, 1.807) is 17.0 Å². The summed E-state index contributed by atoms with van der Waals surface area (Å²) in [5, 5.41) is 6.50. The lowest BCUT2D eigenvalue weighted by Crippen LogP contribution is -2.51. The Labute approximate surface area is 211 Å². The molecule has 2 aliphatic rings. The summed E-state index contributed by atoms with van der Waals surface area (Å²) in [7, 11) is 2.93. The van der Waals surface area contributed by atoms with Crippen molar-refractivity contribution in [2.75, 3.05) is 24.1 Å². The van der Waals surface area contributed by atoms with Crippen molar-refractivity contribution in [3.63, 3.8) is 0 Å². The number of rotatable bonds is 5. The molecule has 1 unspecified atom stereocenters. The number of anilines is 2. The lowest BCUT2D eigenvalue weighted by molar-refractivity contribution is -0.132. The first-order valence-corrected chi connectivity index (χ1v) is 12.3. The Morgan fingerprint density at radius 2 is 1.51 bits per heavy atom. The maximum Gasteiger partial charge on any atom is 0.365 e. The number of para-hydroxylation sites is 2. The first kappa shape index (κ1) is 23.1. The maximum atomic E-state index is 13.9. The number of hydrogen-bond acceptors (Lipinski definition) is 8. The standard InChI is InChI=1S/C26H21N3O4S2/c1-32-21-15-13-18(14-16-21)17-22-24(30)28(19-9-5-3-6-10-19)26(34-22)29(20-11-7-4-8-12-20)27-23(35-26)25(31)33-2/h3-17H,1-2H3/b22-17+. The van der Waals surface area contributed by atoms with Crippen LogP contribution in [0.5, 0.6) is 5.75 Å². The number of methoxy groups -OCH3 is 2. The topological polar surface area (TPSA) is 71.4 Å². The lowest BCUT2D eigenvalue weighted by atomic mass is 10.2. The average molecular weight is 504 g/mol. The Hall–Kier alpha value is -3.69. The predicted octanol–water partition coefficient (Wildman–Crippen LogP) is 5.17. The van der Waals surface area contributed by atoms with Crippen molar-refractivity contribution in [3.05, 3.63) is 95.4 Å². The van der Waals surface area contributed by atoms with Crippen molar-refractivity contribution in [1.29, 1.82) is 0 Å². The minimum absolute atomic E-state index is 0.170. The summed E-state index contributed by atoms with van der Waals surface area (Å²) >= 11 is 2.54. The van der Waals surface area contributed by atoms with Gasteiger partial charge in [0.2, 0.25) is 9.37 Å². The fraction of sp³-hybridized carbons (Fsp3) is 0.115. The van der Waals surface area contributed by atoms with Crippen molar-refractivity contribution in [1.82, 2.24) is 0 Å². The molecular weight excluding hydrogens is 482 g/mol. The third-order valence-corrected chi connectivity index (χ3v) is 8.11. The molecule has 1 atom stereocenters. The maximum absolute atomic E-state index is 13.9.